The predicted octanol–water partition coefficient (Wildman–Crippen LogP) is 6.54. The summed E-state index contributed by atoms with van der Waals surface area (Å²) in [5.74, 6) is 1.38. The molecule has 0 unspecified atom stereocenters. The number of anilines is 1. The van der Waals surface area contributed by atoms with Gasteiger partial charge < -0.3 is 15.1 Å². The maximum Gasteiger partial charge on any atom is 0.417 e. The van der Waals surface area contributed by atoms with E-state index in [-0.39, 0.29) is 17.4 Å². The molecule has 2 fully saturated rings. The van der Waals surface area contributed by atoms with E-state index in [4.69, 9.17) is 0 Å². The van der Waals surface area contributed by atoms with Gasteiger partial charge in [-0.05, 0) is 92.8 Å². The Morgan fingerprint density at radius 1 is 0.923 bits per heavy atom. The smallest absolute Gasteiger partial charge is 0.367 e. The fourth-order valence-electron chi connectivity index (χ4n) is 5.63. The summed E-state index contributed by atoms with van der Waals surface area (Å²) in [6.45, 7) is 11.3. The van der Waals surface area contributed by atoms with Crippen LogP contribution < -0.4 is 5.32 Å². The Hall–Kier alpha value is -2.61. The van der Waals surface area contributed by atoms with Crippen LogP contribution in [-0.2, 0) is 22.8 Å². The summed E-state index contributed by atoms with van der Waals surface area (Å²) in [7, 11) is 0. The van der Waals surface area contributed by atoms with Crippen LogP contribution in [0.2, 0.25) is 0 Å². The zero-order valence-electron chi connectivity index (χ0n) is 23.6. The van der Waals surface area contributed by atoms with Crippen molar-refractivity contribution < 1.29 is 18.0 Å². The summed E-state index contributed by atoms with van der Waals surface area (Å²) in [6.07, 6.45) is 3.02. The average Bonchev–Trinajstić information content (AvgIpc) is 2.90. The number of benzene rings is 1. The minimum absolute atomic E-state index is 0.107. The van der Waals surface area contributed by atoms with Crippen LogP contribution in [0.1, 0.15) is 76.0 Å². The highest BCUT2D eigenvalue weighted by Crippen LogP contribution is 2.29. The number of likely N-dealkylation sites (tertiary alicyclic amines) is 2. The number of hydrogen-bond donors (Lipinski definition) is 1. The lowest BCUT2D eigenvalue weighted by Crippen LogP contribution is -2.42. The summed E-state index contributed by atoms with van der Waals surface area (Å²) in [5.41, 5.74) is 2.25. The van der Waals surface area contributed by atoms with Crippen LogP contribution in [0.5, 0.6) is 0 Å². The molecule has 1 N–H and O–H groups in total. The molecule has 0 saturated carbocycles. The Morgan fingerprint density at radius 2 is 1.56 bits per heavy atom. The maximum absolute atomic E-state index is 12.7. The first-order valence-electron chi connectivity index (χ1n) is 14.4. The van der Waals surface area contributed by atoms with Gasteiger partial charge in [0.1, 0.15) is 5.82 Å². The third kappa shape index (κ3) is 8.69. The van der Waals surface area contributed by atoms with Crippen molar-refractivity contribution >= 4 is 11.7 Å². The number of nitrogens with one attached hydrogen (secondary N) is 1. The first-order chi connectivity index (χ1) is 18.5. The molecule has 2 saturated heterocycles. The monoisotopic (exact) mass is 544 g/mol. The normalized spacial score (nSPS) is 18.4. The minimum Gasteiger partial charge on any atom is -0.367 e. The Balaban J connectivity index is 1.09. The SMILES string of the molecule is CC(C)(C)c1ccc(CC2CCN(CCCC(=O)N3CCC(Nc4ccc(C(F)(F)F)cn4)CC3)CC2)cc1. The van der Waals surface area contributed by atoms with Crippen molar-refractivity contribution in [1.29, 1.82) is 0 Å². The second-order valence-electron chi connectivity index (χ2n) is 12.3. The topological polar surface area (TPSA) is 48.5 Å². The molecule has 3 heterocycles. The molecule has 39 heavy (non-hydrogen) atoms. The van der Waals surface area contributed by atoms with Gasteiger partial charge in [-0.1, -0.05) is 45.0 Å². The summed E-state index contributed by atoms with van der Waals surface area (Å²) >= 11 is 0. The van der Waals surface area contributed by atoms with Crippen molar-refractivity contribution in [3.8, 4) is 0 Å². The molecule has 0 radical (unpaired) electrons. The second kappa shape index (κ2) is 12.7. The largest absolute Gasteiger partial charge is 0.417 e. The number of nitrogens with zero attached hydrogens (tertiary/aromatic N) is 3. The van der Waals surface area contributed by atoms with Gasteiger partial charge in [-0.25, -0.2) is 4.98 Å². The molecule has 2 aromatic rings. The number of rotatable bonds is 8. The Morgan fingerprint density at radius 3 is 2.13 bits per heavy atom. The first-order valence-corrected chi connectivity index (χ1v) is 14.4. The van der Waals surface area contributed by atoms with E-state index >= 15 is 0 Å². The lowest BCUT2D eigenvalue weighted by molar-refractivity contribution is -0.137. The molecule has 0 atom stereocenters. The van der Waals surface area contributed by atoms with E-state index in [0.717, 1.165) is 63.5 Å². The Kier molecular flexibility index (Phi) is 9.57. The van der Waals surface area contributed by atoms with Crippen LogP contribution in [0, 0.1) is 5.92 Å². The number of pyridine rings is 1. The van der Waals surface area contributed by atoms with E-state index in [0.29, 0.717) is 25.3 Å². The van der Waals surface area contributed by atoms with E-state index in [2.05, 4.69) is 60.2 Å². The molecule has 5 nitrogen and oxygen atoms in total. The number of amides is 1. The molecule has 1 amide bonds. The van der Waals surface area contributed by atoms with E-state index in [1.807, 2.05) is 4.90 Å². The molecule has 0 aliphatic carbocycles. The van der Waals surface area contributed by atoms with Gasteiger partial charge in [0.25, 0.3) is 0 Å². The molecule has 0 spiro atoms. The van der Waals surface area contributed by atoms with E-state index in [1.165, 1.54) is 30.0 Å². The predicted molar refractivity (Wildman–Crippen MR) is 150 cm³/mol. The van der Waals surface area contributed by atoms with Crippen molar-refractivity contribution in [2.24, 2.45) is 5.92 Å². The van der Waals surface area contributed by atoms with Crippen molar-refractivity contribution in [1.82, 2.24) is 14.8 Å². The van der Waals surface area contributed by atoms with Crippen LogP contribution in [0.15, 0.2) is 42.6 Å². The highest BCUT2D eigenvalue weighted by atomic mass is 19.4. The fraction of sp³-hybridized carbons (Fsp3) is 0.613. The fourth-order valence-corrected chi connectivity index (χ4v) is 5.63. The number of piperidine rings is 2. The van der Waals surface area contributed by atoms with E-state index in [9.17, 15) is 18.0 Å². The zero-order chi connectivity index (χ0) is 28.0. The van der Waals surface area contributed by atoms with Crippen LogP contribution in [0.3, 0.4) is 0 Å². The number of alkyl halides is 3. The first kappa shape index (κ1) is 29.4. The summed E-state index contributed by atoms with van der Waals surface area (Å²) in [4.78, 5) is 21.1. The maximum atomic E-state index is 12.7. The molecular weight excluding hydrogens is 501 g/mol. The highest BCUT2D eigenvalue weighted by molar-refractivity contribution is 5.76. The van der Waals surface area contributed by atoms with Crippen molar-refractivity contribution in [2.75, 3.05) is 38.0 Å². The van der Waals surface area contributed by atoms with Gasteiger partial charge in [-0.15, -0.1) is 0 Å². The Labute approximate surface area is 231 Å². The number of hydrogen-bond acceptors (Lipinski definition) is 4. The number of carbonyl (C=O) groups excluding carboxylic acids is 1. The third-order valence-electron chi connectivity index (χ3n) is 8.21. The summed E-state index contributed by atoms with van der Waals surface area (Å²) in [5, 5.41) is 3.21. The number of aromatic nitrogens is 1. The van der Waals surface area contributed by atoms with Crippen molar-refractivity contribution in [2.45, 2.75) is 83.4 Å². The van der Waals surface area contributed by atoms with Gasteiger partial charge in [0.15, 0.2) is 0 Å². The van der Waals surface area contributed by atoms with Crippen LogP contribution in [0.25, 0.3) is 0 Å². The van der Waals surface area contributed by atoms with Crippen LogP contribution in [-0.4, -0.2) is 59.5 Å². The van der Waals surface area contributed by atoms with Gasteiger partial charge in [0, 0.05) is 31.7 Å². The minimum atomic E-state index is -4.38. The molecule has 1 aromatic carbocycles. The summed E-state index contributed by atoms with van der Waals surface area (Å²) in [6, 6.07) is 11.7. The van der Waals surface area contributed by atoms with Gasteiger partial charge in [0.05, 0.1) is 5.56 Å². The summed E-state index contributed by atoms with van der Waals surface area (Å²) < 4.78 is 38.2. The lowest BCUT2D eigenvalue weighted by Gasteiger charge is -2.34. The van der Waals surface area contributed by atoms with E-state index < -0.39 is 11.7 Å². The molecule has 8 heteroatoms. The second-order valence-corrected chi connectivity index (χ2v) is 12.3. The quantitative estimate of drug-likeness (QED) is 0.410. The number of halogens is 3. The van der Waals surface area contributed by atoms with Crippen molar-refractivity contribution in [3.05, 3.63) is 59.3 Å². The van der Waals surface area contributed by atoms with Gasteiger partial charge in [0.2, 0.25) is 5.91 Å². The average molecular weight is 545 g/mol. The molecule has 2 aliphatic rings. The zero-order valence-corrected chi connectivity index (χ0v) is 23.6. The van der Waals surface area contributed by atoms with Gasteiger partial charge in [-0.2, -0.15) is 13.2 Å². The third-order valence-corrected chi connectivity index (χ3v) is 8.21. The molecule has 4 rings (SSSR count). The molecule has 214 valence electrons. The van der Waals surface area contributed by atoms with Gasteiger partial charge in [-0.3, -0.25) is 4.79 Å². The molecule has 1 aromatic heterocycles. The van der Waals surface area contributed by atoms with Crippen LogP contribution >= 0.6 is 0 Å². The molecule has 0 bridgehead atoms. The highest BCUT2D eigenvalue weighted by Gasteiger charge is 2.31. The number of carbonyl (C=O) groups is 1. The molecular formula is C31H43F3N4O. The van der Waals surface area contributed by atoms with Crippen LogP contribution in [0.4, 0.5) is 19.0 Å². The standard InChI is InChI=1S/C31H43F3N4O/c1-30(2,3)25-8-6-23(7-9-25)21-24-12-17-37(18-13-24)16-4-5-29(39)38-19-14-27(15-20-38)36-28-11-10-26(22-35-28)31(32,33)34/h6-11,22,24,27H,4-5,12-21H2,1-3H3,(H,35,36). The van der Waals surface area contributed by atoms with E-state index in [1.54, 1.807) is 0 Å². The lowest BCUT2D eigenvalue weighted by atomic mass is 9.85. The Bertz CT molecular complexity index is 1050. The van der Waals surface area contributed by atoms with Crippen molar-refractivity contribution in [3.63, 3.8) is 0 Å². The molecule has 2 aliphatic heterocycles. The van der Waals surface area contributed by atoms with Gasteiger partial charge >= 0.3 is 6.18 Å².